The normalized spacial score (nSPS) is 12.5. The predicted octanol–water partition coefficient (Wildman–Crippen LogP) is 2.67. The molecule has 0 radical (unpaired) electrons. The summed E-state index contributed by atoms with van der Waals surface area (Å²) in [7, 11) is -1.69. The molecule has 0 aliphatic carbocycles. The summed E-state index contributed by atoms with van der Waals surface area (Å²) < 4.78 is 26.4. The van der Waals surface area contributed by atoms with Gasteiger partial charge in [-0.15, -0.1) is 11.3 Å². The van der Waals surface area contributed by atoms with Gasteiger partial charge in [-0.25, -0.2) is 12.7 Å². The quantitative estimate of drug-likeness (QED) is 0.803. The number of hydrogen-bond acceptors (Lipinski definition) is 4. The third kappa shape index (κ3) is 4.56. The molecule has 0 amide bonds. The zero-order chi connectivity index (χ0) is 14.5. The van der Waals surface area contributed by atoms with Crippen molar-refractivity contribution in [3.05, 3.63) is 16.3 Å². The van der Waals surface area contributed by atoms with Gasteiger partial charge in [-0.05, 0) is 17.9 Å². The van der Waals surface area contributed by atoms with Crippen LogP contribution in [0.5, 0.6) is 0 Å². The zero-order valence-electron chi connectivity index (χ0n) is 12.1. The SMILES string of the molecule is CCCCN(C)S(=O)(=O)c1ccsc1CNC(C)C. The molecule has 110 valence electrons. The van der Waals surface area contributed by atoms with E-state index in [4.69, 9.17) is 0 Å². The van der Waals surface area contributed by atoms with Crippen LogP contribution in [0.15, 0.2) is 16.3 Å². The lowest BCUT2D eigenvalue weighted by Crippen LogP contribution is -2.29. The topological polar surface area (TPSA) is 49.4 Å². The molecular formula is C13H24N2O2S2. The van der Waals surface area contributed by atoms with Gasteiger partial charge in [0.25, 0.3) is 0 Å². The van der Waals surface area contributed by atoms with E-state index < -0.39 is 10.0 Å². The Morgan fingerprint density at radius 2 is 2.11 bits per heavy atom. The number of thiophene rings is 1. The van der Waals surface area contributed by atoms with Crippen molar-refractivity contribution in [2.24, 2.45) is 0 Å². The average molecular weight is 304 g/mol. The Kier molecular flexibility index (Phi) is 6.46. The largest absolute Gasteiger partial charge is 0.310 e. The molecule has 0 spiro atoms. The lowest BCUT2D eigenvalue weighted by molar-refractivity contribution is 0.458. The highest BCUT2D eigenvalue weighted by atomic mass is 32.2. The number of unbranched alkanes of at least 4 members (excludes halogenated alkanes) is 1. The Balaban J connectivity index is 2.86. The highest BCUT2D eigenvalue weighted by molar-refractivity contribution is 7.89. The average Bonchev–Trinajstić information content (AvgIpc) is 2.82. The van der Waals surface area contributed by atoms with Gasteiger partial charge in [0.2, 0.25) is 10.0 Å². The van der Waals surface area contributed by atoms with Crippen LogP contribution in [0.1, 0.15) is 38.5 Å². The minimum absolute atomic E-state index is 0.343. The first kappa shape index (κ1) is 16.6. The van der Waals surface area contributed by atoms with Crippen LogP contribution in [0.4, 0.5) is 0 Å². The molecule has 0 aliphatic heterocycles. The molecule has 0 aliphatic rings. The van der Waals surface area contributed by atoms with Crippen molar-refractivity contribution in [2.75, 3.05) is 13.6 Å². The van der Waals surface area contributed by atoms with Crippen LogP contribution in [0.2, 0.25) is 0 Å². The molecule has 1 N–H and O–H groups in total. The standard InChI is InChI=1S/C13H24N2O2S2/c1-5-6-8-15(4)19(16,17)13-7-9-18-12(13)10-14-11(2)3/h7,9,11,14H,5-6,8,10H2,1-4H3. The van der Waals surface area contributed by atoms with E-state index in [9.17, 15) is 8.42 Å². The van der Waals surface area contributed by atoms with Gasteiger partial charge < -0.3 is 5.32 Å². The summed E-state index contributed by atoms with van der Waals surface area (Å²) in [6.45, 7) is 7.34. The van der Waals surface area contributed by atoms with Crippen LogP contribution in [0, 0.1) is 0 Å². The summed E-state index contributed by atoms with van der Waals surface area (Å²) >= 11 is 1.49. The molecule has 1 aromatic rings. The third-order valence-electron chi connectivity index (χ3n) is 2.89. The van der Waals surface area contributed by atoms with Crippen molar-refractivity contribution in [3.63, 3.8) is 0 Å². The summed E-state index contributed by atoms with van der Waals surface area (Å²) in [5.74, 6) is 0. The lowest BCUT2D eigenvalue weighted by atomic mass is 10.3. The Labute approximate surface area is 120 Å². The molecule has 1 heterocycles. The Morgan fingerprint density at radius 3 is 2.68 bits per heavy atom. The lowest BCUT2D eigenvalue weighted by Gasteiger charge is -2.17. The van der Waals surface area contributed by atoms with Crippen LogP contribution >= 0.6 is 11.3 Å². The van der Waals surface area contributed by atoms with Gasteiger partial charge in [0.1, 0.15) is 0 Å². The Morgan fingerprint density at radius 1 is 1.42 bits per heavy atom. The van der Waals surface area contributed by atoms with Crippen LogP contribution in [-0.4, -0.2) is 32.4 Å². The van der Waals surface area contributed by atoms with E-state index in [0.717, 1.165) is 17.7 Å². The maximum absolute atomic E-state index is 12.5. The molecule has 0 fully saturated rings. The second-order valence-corrected chi connectivity index (χ2v) is 7.94. The van der Waals surface area contributed by atoms with Crippen molar-refractivity contribution in [1.82, 2.24) is 9.62 Å². The van der Waals surface area contributed by atoms with E-state index in [1.807, 2.05) is 5.38 Å². The van der Waals surface area contributed by atoms with E-state index in [0.29, 0.717) is 24.0 Å². The van der Waals surface area contributed by atoms with Crippen molar-refractivity contribution in [3.8, 4) is 0 Å². The molecule has 0 unspecified atom stereocenters. The molecular weight excluding hydrogens is 280 g/mol. The van der Waals surface area contributed by atoms with E-state index >= 15 is 0 Å². The second-order valence-electron chi connectivity index (χ2n) is 4.92. The summed E-state index contributed by atoms with van der Waals surface area (Å²) in [5, 5.41) is 5.12. The van der Waals surface area contributed by atoms with E-state index in [1.54, 1.807) is 13.1 Å². The minimum Gasteiger partial charge on any atom is -0.310 e. The fourth-order valence-electron chi connectivity index (χ4n) is 1.65. The fourth-order valence-corrected chi connectivity index (χ4v) is 4.22. The van der Waals surface area contributed by atoms with Crippen LogP contribution in [0.25, 0.3) is 0 Å². The van der Waals surface area contributed by atoms with Crippen molar-refractivity contribution in [1.29, 1.82) is 0 Å². The molecule has 1 aromatic heterocycles. The second kappa shape index (κ2) is 7.38. The highest BCUT2D eigenvalue weighted by Gasteiger charge is 2.24. The molecule has 0 atom stereocenters. The first-order chi connectivity index (χ1) is 8.89. The molecule has 4 nitrogen and oxygen atoms in total. The van der Waals surface area contributed by atoms with Crippen molar-refractivity contribution < 1.29 is 8.42 Å². The molecule has 0 aromatic carbocycles. The van der Waals surface area contributed by atoms with Gasteiger partial charge in [0.15, 0.2) is 0 Å². The molecule has 0 saturated heterocycles. The van der Waals surface area contributed by atoms with Crippen LogP contribution < -0.4 is 5.32 Å². The summed E-state index contributed by atoms with van der Waals surface area (Å²) in [4.78, 5) is 1.33. The van der Waals surface area contributed by atoms with E-state index in [-0.39, 0.29) is 0 Å². The molecule has 0 bridgehead atoms. The summed E-state index contributed by atoms with van der Waals surface area (Å²) in [6, 6.07) is 2.05. The number of nitrogens with zero attached hydrogens (tertiary/aromatic N) is 1. The van der Waals surface area contributed by atoms with Crippen LogP contribution in [0.3, 0.4) is 0 Å². The molecule has 1 rings (SSSR count). The van der Waals surface area contributed by atoms with Gasteiger partial charge in [0.05, 0.1) is 4.90 Å². The van der Waals surface area contributed by atoms with Gasteiger partial charge in [-0.2, -0.15) is 0 Å². The van der Waals surface area contributed by atoms with Gasteiger partial charge >= 0.3 is 0 Å². The summed E-state index contributed by atoms with van der Waals surface area (Å²) in [6.07, 6.45) is 1.88. The zero-order valence-corrected chi connectivity index (χ0v) is 13.8. The first-order valence-corrected chi connectivity index (χ1v) is 8.97. The number of sulfonamides is 1. The number of rotatable bonds is 8. The van der Waals surface area contributed by atoms with E-state index in [1.165, 1.54) is 15.6 Å². The summed E-state index contributed by atoms with van der Waals surface area (Å²) in [5.41, 5.74) is 0. The Hall–Kier alpha value is -0.430. The number of hydrogen-bond donors (Lipinski definition) is 1. The maximum Gasteiger partial charge on any atom is 0.243 e. The molecule has 0 saturated carbocycles. The van der Waals surface area contributed by atoms with E-state index in [2.05, 4.69) is 26.1 Å². The highest BCUT2D eigenvalue weighted by Crippen LogP contribution is 2.24. The van der Waals surface area contributed by atoms with Crippen LogP contribution in [-0.2, 0) is 16.6 Å². The number of nitrogens with one attached hydrogen (secondary N) is 1. The van der Waals surface area contributed by atoms with Gasteiger partial charge in [-0.1, -0.05) is 27.2 Å². The Bertz CT molecular complexity index is 481. The predicted molar refractivity (Wildman–Crippen MR) is 81.0 cm³/mol. The minimum atomic E-state index is -3.34. The first-order valence-electron chi connectivity index (χ1n) is 6.65. The fraction of sp³-hybridized carbons (Fsp3) is 0.692. The van der Waals surface area contributed by atoms with Crippen molar-refractivity contribution in [2.45, 2.75) is 51.1 Å². The van der Waals surface area contributed by atoms with Gasteiger partial charge in [0, 0.05) is 31.1 Å². The molecule has 19 heavy (non-hydrogen) atoms. The smallest absolute Gasteiger partial charge is 0.243 e. The third-order valence-corrected chi connectivity index (χ3v) is 5.88. The maximum atomic E-state index is 12.5. The monoisotopic (exact) mass is 304 g/mol. The van der Waals surface area contributed by atoms with Gasteiger partial charge in [-0.3, -0.25) is 0 Å². The van der Waals surface area contributed by atoms with Crippen molar-refractivity contribution >= 4 is 21.4 Å². The molecule has 6 heteroatoms.